The Labute approximate surface area is 470 Å². The van der Waals surface area contributed by atoms with Gasteiger partial charge in [0.2, 0.25) is 17.7 Å². The molecule has 22 heteroatoms. The number of fused-ring (bicyclic) bond motifs is 4. The Kier molecular flexibility index (Phi) is 16.5. The minimum Gasteiger partial charge on any atom is -0.462 e. The molecule has 4 fully saturated rings. The van der Waals surface area contributed by atoms with Crippen LogP contribution < -0.4 is 31.3 Å². The summed E-state index contributed by atoms with van der Waals surface area (Å²) in [6, 6.07) is 12.5. The summed E-state index contributed by atoms with van der Waals surface area (Å²) in [5.41, 5.74) is 10.4. The minimum atomic E-state index is -0.968. The molecule has 4 aliphatic heterocycles. The lowest BCUT2D eigenvalue weighted by Gasteiger charge is -2.46. The highest BCUT2D eigenvalue weighted by atomic mass is 35.5. The Morgan fingerprint density at radius 3 is 2.48 bits per heavy atom. The molecule has 3 amide bonds. The number of carbonyl (C=O) groups is 3. The maximum Gasteiger partial charge on any atom is 0.319 e. The molecule has 3 aromatic carbocycles. The highest BCUT2D eigenvalue weighted by molar-refractivity contribution is 7.23. The predicted octanol–water partition coefficient (Wildman–Crippen LogP) is 8.14. The highest BCUT2D eigenvalue weighted by Gasteiger charge is 2.45. The van der Waals surface area contributed by atoms with Crippen molar-refractivity contribution in [3.63, 3.8) is 0 Å². The molecule has 2 unspecified atom stereocenters. The molecule has 8 atom stereocenters. The number of amides is 3. The maximum absolute atomic E-state index is 17.3. The molecule has 4 saturated heterocycles. The summed E-state index contributed by atoms with van der Waals surface area (Å²) in [5, 5.41) is 31.1. The number of aliphatic hydroxyl groups excluding tert-OH is 1. The Hall–Kier alpha value is -6.12. The standard InChI is InChI=1S/C57H66ClF2N11O6S2/c1-29-23-69(17-7-18-76-19-16-44(73)66-51(57(4,5)6)55(75)71-26-36(72)20-42(71)54(74)64-30(2)32-8-10-33(11-9-32)49-31(3)63-28-78-49)43(29)27-77-56-67-48-38(53(68-56)70-24-34-12-13-35(25-70)65-34)21-40(58)46(47(48)60)37-14-15-41(59)50-45(37)39(22-61)52(62)79-50/h8-11,14-15,21,28-30,34-36,42-43,51,65,72H,7,12-13,16-20,23-27,62H2,1-6H3,(H,64,74)(H,66,73)/t29-,30+,34?,35?,36-,42+,43-,51-/m1/s1. The van der Waals surface area contributed by atoms with Gasteiger partial charge in [0.05, 0.1) is 50.1 Å². The van der Waals surface area contributed by atoms with Crippen LogP contribution in [0.3, 0.4) is 0 Å². The molecule has 0 radical (unpaired) electrons. The van der Waals surface area contributed by atoms with E-state index in [-0.39, 0.29) is 123 Å². The van der Waals surface area contributed by atoms with Crippen molar-refractivity contribution in [2.75, 3.05) is 63.2 Å². The third-order valence-corrected chi connectivity index (χ3v) is 18.2. The van der Waals surface area contributed by atoms with Gasteiger partial charge in [0, 0.05) is 86.6 Å². The molecule has 6 aromatic rings. The number of aliphatic hydroxyl groups is 1. The molecule has 10 rings (SSSR count). The number of anilines is 2. The van der Waals surface area contributed by atoms with Gasteiger partial charge < -0.3 is 46.1 Å². The number of nitrogens with one attached hydrogen (secondary N) is 3. The number of nitrogens with two attached hydrogens (primary N) is 1. The summed E-state index contributed by atoms with van der Waals surface area (Å²) in [6.45, 7) is 15.0. The predicted molar refractivity (Wildman–Crippen MR) is 303 cm³/mol. The van der Waals surface area contributed by atoms with Gasteiger partial charge in [-0.1, -0.05) is 69.6 Å². The number of aryl methyl sites for hydroxylation is 1. The number of hydrogen-bond donors (Lipinski definition) is 5. The average molecular weight is 1140 g/mol. The van der Waals surface area contributed by atoms with Gasteiger partial charge in [-0.25, -0.2) is 13.8 Å². The summed E-state index contributed by atoms with van der Waals surface area (Å²) in [5.74, 6) is -1.74. The zero-order chi connectivity index (χ0) is 56.0. The number of nitriles is 1. The van der Waals surface area contributed by atoms with E-state index in [2.05, 4.69) is 48.7 Å². The van der Waals surface area contributed by atoms with Crippen molar-refractivity contribution < 1.29 is 37.7 Å². The molecule has 418 valence electrons. The first-order valence-electron chi connectivity index (χ1n) is 26.9. The SMILES string of the molecule is Cc1ncsc1-c1ccc([C@H](C)NC(=O)[C@@H]2C[C@@H](O)CN2C(=O)[C@@H](NC(=O)CCOCCCN2C[C@@H](C)[C@H]2COc2nc(N3CC4CCC(C3)N4)c3cc(Cl)c(-c4ccc(F)c5sc(N)c(C#N)c45)c(F)c3n2)C(C)(C)C)cc1. The van der Waals surface area contributed by atoms with Gasteiger partial charge >= 0.3 is 6.01 Å². The lowest BCUT2D eigenvalue weighted by Crippen LogP contribution is -2.58. The Bertz CT molecular complexity index is 3320. The zero-order valence-corrected chi connectivity index (χ0v) is 47.5. The van der Waals surface area contributed by atoms with Crippen LogP contribution in [0.5, 0.6) is 6.01 Å². The van der Waals surface area contributed by atoms with Crippen LogP contribution in [0.4, 0.5) is 19.6 Å². The second-order valence-corrected chi connectivity index (χ2v) is 24.8. The maximum atomic E-state index is 17.3. The van der Waals surface area contributed by atoms with Crippen molar-refractivity contribution in [1.29, 1.82) is 5.26 Å². The monoisotopic (exact) mass is 1140 g/mol. The fraction of sp³-hybridized carbons (Fsp3) is 0.491. The van der Waals surface area contributed by atoms with E-state index in [9.17, 15) is 24.8 Å². The molecule has 3 aromatic heterocycles. The van der Waals surface area contributed by atoms with Crippen molar-refractivity contribution in [2.24, 2.45) is 11.3 Å². The summed E-state index contributed by atoms with van der Waals surface area (Å²) < 4.78 is 44.8. The number of carbonyl (C=O) groups excluding carboxylic acids is 3. The quantitative estimate of drug-likeness (QED) is 0.0513. The average Bonchev–Trinajstić information content (AvgIpc) is 4.36. The molecule has 0 spiro atoms. The number of nitrogens with zero attached hydrogens (tertiary/aromatic N) is 7. The summed E-state index contributed by atoms with van der Waals surface area (Å²) >= 11 is 9.43. The normalized spacial score (nSPS) is 22.0. The van der Waals surface area contributed by atoms with E-state index in [1.165, 1.54) is 17.0 Å². The number of piperazine rings is 1. The summed E-state index contributed by atoms with van der Waals surface area (Å²) in [7, 11) is 0. The third kappa shape index (κ3) is 11.6. The second-order valence-electron chi connectivity index (χ2n) is 22.5. The van der Waals surface area contributed by atoms with Gasteiger partial charge in [0.15, 0.2) is 5.82 Å². The highest BCUT2D eigenvalue weighted by Crippen LogP contribution is 2.46. The number of halogens is 3. The molecule has 7 heterocycles. The van der Waals surface area contributed by atoms with Gasteiger partial charge in [-0.2, -0.15) is 15.2 Å². The molecule has 0 saturated carbocycles. The Balaban J connectivity index is 0.736. The van der Waals surface area contributed by atoms with Crippen molar-refractivity contribution in [1.82, 2.24) is 40.7 Å². The zero-order valence-electron chi connectivity index (χ0n) is 45.1. The van der Waals surface area contributed by atoms with E-state index < -0.39 is 41.1 Å². The fourth-order valence-corrected chi connectivity index (χ4v) is 13.7. The molecule has 2 bridgehead atoms. The number of likely N-dealkylation sites (tertiary alicyclic amines) is 2. The van der Waals surface area contributed by atoms with Crippen molar-refractivity contribution in [2.45, 2.75) is 116 Å². The van der Waals surface area contributed by atoms with Crippen LogP contribution in [0.25, 0.3) is 42.6 Å². The van der Waals surface area contributed by atoms with Crippen molar-refractivity contribution >= 4 is 83.8 Å². The molecule has 6 N–H and O–H groups in total. The van der Waals surface area contributed by atoms with Crippen molar-refractivity contribution in [3.05, 3.63) is 81.5 Å². The van der Waals surface area contributed by atoms with Crippen LogP contribution in [0.1, 0.15) is 89.6 Å². The summed E-state index contributed by atoms with van der Waals surface area (Å²) in [6.07, 6.45) is 1.88. The van der Waals surface area contributed by atoms with Gasteiger partial charge in [-0.05, 0) is 73.3 Å². The number of rotatable bonds is 18. The smallest absolute Gasteiger partial charge is 0.319 e. The van der Waals surface area contributed by atoms with Crippen LogP contribution in [-0.2, 0) is 19.1 Å². The number of thiophene rings is 1. The van der Waals surface area contributed by atoms with E-state index in [4.69, 9.17) is 31.8 Å². The van der Waals surface area contributed by atoms with Crippen LogP contribution >= 0.6 is 34.3 Å². The Morgan fingerprint density at radius 2 is 1.80 bits per heavy atom. The molecule has 4 aliphatic rings. The van der Waals surface area contributed by atoms with Gasteiger partial charge in [-0.3, -0.25) is 19.3 Å². The van der Waals surface area contributed by atoms with Gasteiger partial charge in [-0.15, -0.1) is 22.7 Å². The van der Waals surface area contributed by atoms with Gasteiger partial charge in [0.1, 0.15) is 46.9 Å². The number of thiazole rings is 1. The topological polar surface area (TPSA) is 224 Å². The van der Waals surface area contributed by atoms with E-state index in [1.807, 2.05) is 64.4 Å². The largest absolute Gasteiger partial charge is 0.462 e. The first-order chi connectivity index (χ1) is 37.8. The number of aromatic nitrogens is 3. The number of hydrogen-bond acceptors (Lipinski definition) is 16. The fourth-order valence-electron chi connectivity index (χ4n) is 11.6. The van der Waals surface area contributed by atoms with Crippen LogP contribution in [0, 0.1) is 41.2 Å². The molecule has 0 aliphatic carbocycles. The first-order valence-corrected chi connectivity index (χ1v) is 29.0. The molecule has 17 nitrogen and oxygen atoms in total. The van der Waals surface area contributed by atoms with E-state index in [0.29, 0.717) is 43.9 Å². The molecule has 79 heavy (non-hydrogen) atoms. The minimum absolute atomic E-state index is 0.00408. The lowest BCUT2D eigenvalue weighted by atomic mass is 9.85. The van der Waals surface area contributed by atoms with E-state index in [0.717, 1.165) is 52.4 Å². The molecular formula is C57H66ClF2N11O6S2. The van der Waals surface area contributed by atoms with Crippen LogP contribution in [0.2, 0.25) is 5.02 Å². The number of benzene rings is 3. The van der Waals surface area contributed by atoms with E-state index in [1.54, 1.807) is 17.4 Å². The van der Waals surface area contributed by atoms with Crippen LogP contribution in [-0.4, -0.2) is 136 Å². The van der Waals surface area contributed by atoms with Crippen molar-refractivity contribution in [3.8, 4) is 33.6 Å². The Morgan fingerprint density at radius 1 is 1.05 bits per heavy atom. The molecular weight excluding hydrogens is 1070 g/mol. The lowest BCUT2D eigenvalue weighted by molar-refractivity contribution is -0.144. The third-order valence-electron chi connectivity index (χ3n) is 15.9. The number of β-amino-alcohol motifs (C(OH)–C–C–N with tert-alkyl or cyclic N) is 1. The van der Waals surface area contributed by atoms with Crippen LogP contribution in [0.15, 0.2) is 48.0 Å². The van der Waals surface area contributed by atoms with E-state index >= 15 is 8.78 Å². The first kappa shape index (κ1) is 56.2. The summed E-state index contributed by atoms with van der Waals surface area (Å²) in [4.78, 5) is 62.2. The van der Waals surface area contributed by atoms with Gasteiger partial charge in [0.25, 0.3) is 0 Å². The second kappa shape index (κ2) is 23.2. The number of ether oxygens (including phenoxy) is 2. The number of nitrogen functional groups attached to an aromatic ring is 1.